The van der Waals surface area contributed by atoms with Crippen LogP contribution < -0.4 is 10.6 Å². The van der Waals surface area contributed by atoms with Crippen LogP contribution in [-0.2, 0) is 6.42 Å². The average molecular weight is 309 g/mol. The molecule has 2 nitrogen and oxygen atoms in total. The fraction of sp³-hybridized carbons (Fsp3) is 0.667. The van der Waals surface area contributed by atoms with Crippen LogP contribution in [-0.4, -0.2) is 19.1 Å². The number of halogens is 1. The summed E-state index contributed by atoms with van der Waals surface area (Å²) in [5.41, 5.74) is 9.30. The lowest BCUT2D eigenvalue weighted by Gasteiger charge is -2.41. The zero-order chi connectivity index (χ0) is 15.5. The summed E-state index contributed by atoms with van der Waals surface area (Å²) in [7, 11) is 0. The van der Waals surface area contributed by atoms with Gasteiger partial charge in [0.2, 0.25) is 0 Å². The summed E-state index contributed by atoms with van der Waals surface area (Å²) >= 11 is 6.23. The van der Waals surface area contributed by atoms with E-state index >= 15 is 0 Å². The van der Waals surface area contributed by atoms with Crippen molar-refractivity contribution in [2.45, 2.75) is 58.9 Å². The molecule has 1 saturated heterocycles. The van der Waals surface area contributed by atoms with Gasteiger partial charge in [0.15, 0.2) is 0 Å². The number of hydrogen-bond donors (Lipinski definition) is 1. The Balaban J connectivity index is 2.17. The van der Waals surface area contributed by atoms with Crippen molar-refractivity contribution in [1.29, 1.82) is 0 Å². The van der Waals surface area contributed by atoms with E-state index in [1.807, 2.05) is 6.07 Å². The van der Waals surface area contributed by atoms with Gasteiger partial charge in [-0.25, -0.2) is 0 Å². The number of anilines is 1. The van der Waals surface area contributed by atoms with E-state index in [0.717, 1.165) is 31.0 Å². The first-order valence-electron chi connectivity index (χ1n) is 8.26. The second kappa shape index (κ2) is 7.02. The molecule has 0 amide bonds. The third kappa shape index (κ3) is 4.14. The maximum absolute atomic E-state index is 6.23. The molecular weight excluding hydrogens is 280 g/mol. The second-order valence-electron chi connectivity index (χ2n) is 6.80. The normalized spacial score (nSPS) is 19.6. The molecule has 2 rings (SSSR count). The third-order valence-corrected chi connectivity index (χ3v) is 5.45. The molecule has 0 saturated carbocycles. The minimum absolute atomic E-state index is 0.232. The number of nitrogens with two attached hydrogens (primary N) is 1. The van der Waals surface area contributed by atoms with Gasteiger partial charge in [0.05, 0.1) is 0 Å². The van der Waals surface area contributed by atoms with E-state index < -0.39 is 0 Å². The van der Waals surface area contributed by atoms with E-state index in [2.05, 4.69) is 37.8 Å². The van der Waals surface area contributed by atoms with E-state index in [1.54, 1.807) is 0 Å². The molecule has 21 heavy (non-hydrogen) atoms. The van der Waals surface area contributed by atoms with E-state index in [0.29, 0.717) is 5.41 Å². The molecule has 1 heterocycles. The summed E-state index contributed by atoms with van der Waals surface area (Å²) in [6.45, 7) is 9.11. The quantitative estimate of drug-likeness (QED) is 0.859. The van der Waals surface area contributed by atoms with Gasteiger partial charge < -0.3 is 10.6 Å². The number of benzene rings is 1. The van der Waals surface area contributed by atoms with Crippen LogP contribution in [0.5, 0.6) is 0 Å². The summed E-state index contributed by atoms with van der Waals surface area (Å²) in [5, 5.41) is 0.822. The van der Waals surface area contributed by atoms with Gasteiger partial charge in [-0.15, -0.1) is 0 Å². The molecule has 1 unspecified atom stereocenters. The largest absolute Gasteiger partial charge is 0.371 e. The fourth-order valence-electron chi connectivity index (χ4n) is 3.07. The minimum atomic E-state index is 0.232. The maximum Gasteiger partial charge on any atom is 0.0426 e. The summed E-state index contributed by atoms with van der Waals surface area (Å²) in [6.07, 6.45) is 5.73. The first-order chi connectivity index (χ1) is 9.97. The lowest BCUT2D eigenvalue weighted by Crippen LogP contribution is -2.39. The van der Waals surface area contributed by atoms with Crippen molar-refractivity contribution in [3.63, 3.8) is 0 Å². The Hall–Kier alpha value is -0.730. The van der Waals surface area contributed by atoms with Crippen molar-refractivity contribution in [1.82, 2.24) is 0 Å². The van der Waals surface area contributed by atoms with E-state index in [1.165, 1.54) is 30.5 Å². The molecular formula is C18H29ClN2. The van der Waals surface area contributed by atoms with E-state index in [4.69, 9.17) is 17.3 Å². The van der Waals surface area contributed by atoms with Crippen LogP contribution in [0.2, 0.25) is 5.02 Å². The number of rotatable bonds is 5. The average Bonchev–Trinajstić information content (AvgIpc) is 2.50. The standard InChI is InChI=1S/C18H29ClN2/c1-4-16(20)12-14-6-7-15(19)13-17(14)21-10-8-18(3,5-2)9-11-21/h6-7,13,16H,4-5,8-12,20H2,1-3H3. The molecule has 118 valence electrons. The Morgan fingerprint density at radius 2 is 1.95 bits per heavy atom. The van der Waals surface area contributed by atoms with Crippen LogP contribution in [0.4, 0.5) is 5.69 Å². The van der Waals surface area contributed by atoms with Gasteiger partial charge in [0.1, 0.15) is 0 Å². The van der Waals surface area contributed by atoms with Gasteiger partial charge in [0, 0.05) is 29.8 Å². The number of piperidine rings is 1. The summed E-state index contributed by atoms with van der Waals surface area (Å²) < 4.78 is 0. The molecule has 0 aromatic heterocycles. The Labute approximate surface area is 134 Å². The predicted molar refractivity (Wildman–Crippen MR) is 93.3 cm³/mol. The topological polar surface area (TPSA) is 29.3 Å². The zero-order valence-electron chi connectivity index (χ0n) is 13.7. The van der Waals surface area contributed by atoms with Crippen LogP contribution in [0.1, 0.15) is 52.0 Å². The number of nitrogens with zero attached hydrogens (tertiary/aromatic N) is 1. The van der Waals surface area contributed by atoms with Crippen molar-refractivity contribution in [2.75, 3.05) is 18.0 Å². The van der Waals surface area contributed by atoms with Gasteiger partial charge in [-0.2, -0.15) is 0 Å². The highest BCUT2D eigenvalue weighted by Crippen LogP contribution is 2.37. The molecule has 1 aromatic rings. The van der Waals surface area contributed by atoms with Crippen LogP contribution >= 0.6 is 11.6 Å². The fourth-order valence-corrected chi connectivity index (χ4v) is 3.24. The first kappa shape index (κ1) is 16.6. The highest BCUT2D eigenvalue weighted by Gasteiger charge is 2.29. The number of hydrogen-bond acceptors (Lipinski definition) is 2. The predicted octanol–water partition coefficient (Wildman–Crippen LogP) is 4.64. The van der Waals surface area contributed by atoms with Gasteiger partial charge in [0.25, 0.3) is 0 Å². The molecule has 0 bridgehead atoms. The molecule has 2 N–H and O–H groups in total. The van der Waals surface area contributed by atoms with E-state index in [-0.39, 0.29) is 6.04 Å². The van der Waals surface area contributed by atoms with Crippen molar-refractivity contribution >= 4 is 17.3 Å². The monoisotopic (exact) mass is 308 g/mol. The molecule has 0 spiro atoms. The first-order valence-corrected chi connectivity index (χ1v) is 8.64. The molecule has 0 aliphatic carbocycles. The SMILES string of the molecule is CCC(N)Cc1ccc(Cl)cc1N1CCC(C)(CC)CC1. The molecule has 1 atom stereocenters. The van der Waals surface area contributed by atoms with Crippen molar-refractivity contribution in [3.05, 3.63) is 28.8 Å². The molecule has 3 heteroatoms. The van der Waals surface area contributed by atoms with Crippen LogP contribution in [0.25, 0.3) is 0 Å². The van der Waals surface area contributed by atoms with Gasteiger partial charge in [-0.1, -0.05) is 44.9 Å². The smallest absolute Gasteiger partial charge is 0.0426 e. The summed E-state index contributed by atoms with van der Waals surface area (Å²) in [4.78, 5) is 2.50. The highest BCUT2D eigenvalue weighted by atomic mass is 35.5. The second-order valence-corrected chi connectivity index (χ2v) is 7.23. The molecule has 0 radical (unpaired) electrons. The van der Waals surface area contributed by atoms with Gasteiger partial charge >= 0.3 is 0 Å². The molecule has 1 aromatic carbocycles. The van der Waals surface area contributed by atoms with Gasteiger partial charge in [-0.3, -0.25) is 0 Å². The van der Waals surface area contributed by atoms with Crippen molar-refractivity contribution < 1.29 is 0 Å². The Bertz CT molecular complexity index is 464. The zero-order valence-corrected chi connectivity index (χ0v) is 14.4. The third-order valence-electron chi connectivity index (χ3n) is 5.22. The van der Waals surface area contributed by atoms with Crippen LogP contribution in [0, 0.1) is 5.41 Å². The highest BCUT2D eigenvalue weighted by molar-refractivity contribution is 6.30. The van der Waals surface area contributed by atoms with Gasteiger partial charge in [-0.05, 0) is 48.8 Å². The minimum Gasteiger partial charge on any atom is -0.371 e. The molecule has 1 aliphatic heterocycles. The summed E-state index contributed by atoms with van der Waals surface area (Å²) in [6, 6.07) is 6.49. The van der Waals surface area contributed by atoms with Crippen LogP contribution in [0.15, 0.2) is 18.2 Å². The molecule has 1 fully saturated rings. The lowest BCUT2D eigenvalue weighted by molar-refractivity contribution is 0.238. The van der Waals surface area contributed by atoms with Crippen molar-refractivity contribution in [2.24, 2.45) is 11.1 Å². The van der Waals surface area contributed by atoms with E-state index in [9.17, 15) is 0 Å². The summed E-state index contributed by atoms with van der Waals surface area (Å²) in [5.74, 6) is 0. The maximum atomic E-state index is 6.23. The lowest BCUT2D eigenvalue weighted by atomic mass is 9.78. The Morgan fingerprint density at radius 1 is 1.29 bits per heavy atom. The van der Waals surface area contributed by atoms with Crippen molar-refractivity contribution in [3.8, 4) is 0 Å². The Morgan fingerprint density at radius 3 is 2.52 bits per heavy atom. The van der Waals surface area contributed by atoms with Crippen LogP contribution in [0.3, 0.4) is 0 Å². The molecule has 1 aliphatic rings. The Kier molecular flexibility index (Phi) is 5.56.